The normalized spacial score (nSPS) is 17.4. The minimum absolute atomic E-state index is 0.242. The van der Waals surface area contributed by atoms with Gasteiger partial charge in [-0.3, -0.25) is 4.79 Å². The first-order valence-corrected chi connectivity index (χ1v) is 8.22. The van der Waals surface area contributed by atoms with Crippen molar-refractivity contribution in [3.63, 3.8) is 0 Å². The molecule has 1 amide bonds. The molecule has 2 aromatic heterocycles. The highest BCUT2D eigenvalue weighted by Crippen LogP contribution is 2.27. The summed E-state index contributed by atoms with van der Waals surface area (Å²) in [5.74, 6) is 1.17. The molecule has 0 aromatic carbocycles. The Kier molecular flexibility index (Phi) is 4.86. The van der Waals surface area contributed by atoms with Crippen LogP contribution in [0.25, 0.3) is 0 Å². The van der Waals surface area contributed by atoms with Gasteiger partial charge in [0.15, 0.2) is 5.76 Å². The van der Waals surface area contributed by atoms with Gasteiger partial charge < -0.3 is 19.6 Å². The van der Waals surface area contributed by atoms with Gasteiger partial charge in [0.1, 0.15) is 5.82 Å². The molecule has 23 heavy (non-hydrogen) atoms. The monoisotopic (exact) mass is 313 g/mol. The SMILES string of the molecule is CCCCN1C=CC(c2c[nH]c(NC(=O)c3ccco3)c2)CC1. The number of hydrogen-bond donors (Lipinski definition) is 2. The highest BCUT2D eigenvalue weighted by atomic mass is 16.3. The first-order valence-electron chi connectivity index (χ1n) is 8.22. The summed E-state index contributed by atoms with van der Waals surface area (Å²) in [5.41, 5.74) is 1.20. The lowest BCUT2D eigenvalue weighted by Gasteiger charge is -2.27. The average Bonchev–Trinajstić information content (AvgIpc) is 3.25. The zero-order chi connectivity index (χ0) is 16.1. The number of amides is 1. The third-order valence-electron chi connectivity index (χ3n) is 4.18. The standard InChI is InChI=1S/C18H23N3O2/c1-2-3-8-21-9-6-14(7-10-21)15-12-17(19-13-15)20-18(22)16-5-4-11-23-16/h4-6,9,11-14,19H,2-3,7-8,10H2,1H3,(H,20,22). The Balaban J connectivity index is 1.58. The van der Waals surface area contributed by atoms with E-state index in [4.69, 9.17) is 4.42 Å². The van der Waals surface area contributed by atoms with Crippen molar-refractivity contribution < 1.29 is 9.21 Å². The highest BCUT2D eigenvalue weighted by Gasteiger charge is 2.17. The molecular formula is C18H23N3O2. The summed E-state index contributed by atoms with van der Waals surface area (Å²) in [4.78, 5) is 17.5. The molecule has 2 N–H and O–H groups in total. The number of H-pyrrole nitrogens is 1. The fourth-order valence-corrected chi connectivity index (χ4v) is 2.82. The number of aromatic nitrogens is 1. The van der Waals surface area contributed by atoms with E-state index in [1.54, 1.807) is 12.1 Å². The van der Waals surface area contributed by atoms with Crippen LogP contribution in [-0.4, -0.2) is 28.9 Å². The van der Waals surface area contributed by atoms with Crippen LogP contribution in [0.3, 0.4) is 0 Å². The molecule has 0 radical (unpaired) electrons. The topological polar surface area (TPSA) is 61.3 Å². The molecule has 0 saturated carbocycles. The molecular weight excluding hydrogens is 290 g/mol. The maximum Gasteiger partial charge on any atom is 0.292 e. The summed E-state index contributed by atoms with van der Waals surface area (Å²) >= 11 is 0. The summed E-state index contributed by atoms with van der Waals surface area (Å²) in [7, 11) is 0. The second-order valence-corrected chi connectivity index (χ2v) is 5.90. The number of nitrogens with zero attached hydrogens (tertiary/aromatic N) is 1. The van der Waals surface area contributed by atoms with E-state index < -0.39 is 0 Å². The zero-order valence-electron chi connectivity index (χ0n) is 13.4. The molecule has 2 aromatic rings. The van der Waals surface area contributed by atoms with E-state index >= 15 is 0 Å². The third-order valence-corrected chi connectivity index (χ3v) is 4.18. The fraction of sp³-hybridized carbons (Fsp3) is 0.389. The van der Waals surface area contributed by atoms with E-state index in [1.165, 1.54) is 24.7 Å². The molecule has 122 valence electrons. The van der Waals surface area contributed by atoms with Gasteiger partial charge in [0.2, 0.25) is 0 Å². The lowest BCUT2D eigenvalue weighted by molar-refractivity contribution is 0.0996. The van der Waals surface area contributed by atoms with E-state index in [0.29, 0.717) is 17.5 Å². The Morgan fingerprint density at radius 1 is 1.52 bits per heavy atom. The number of carbonyl (C=O) groups excluding carboxylic acids is 1. The van der Waals surface area contributed by atoms with Gasteiger partial charge in [0, 0.05) is 25.2 Å². The third kappa shape index (κ3) is 3.86. The molecule has 0 spiro atoms. The predicted octanol–water partition coefficient (Wildman–Crippen LogP) is 3.96. The Bertz CT molecular complexity index is 658. The summed E-state index contributed by atoms with van der Waals surface area (Å²) in [6.45, 7) is 4.44. The number of anilines is 1. The van der Waals surface area contributed by atoms with Gasteiger partial charge in [0.05, 0.1) is 6.26 Å². The quantitative estimate of drug-likeness (QED) is 0.848. The summed E-state index contributed by atoms with van der Waals surface area (Å²) in [5, 5.41) is 2.82. The first kappa shape index (κ1) is 15.5. The molecule has 1 atom stereocenters. The van der Waals surface area contributed by atoms with Crippen LogP contribution in [0.5, 0.6) is 0 Å². The van der Waals surface area contributed by atoms with E-state index in [1.807, 2.05) is 12.3 Å². The largest absolute Gasteiger partial charge is 0.459 e. The number of allylic oxidation sites excluding steroid dienone is 1. The molecule has 0 aliphatic carbocycles. The smallest absolute Gasteiger partial charge is 0.292 e. The summed E-state index contributed by atoms with van der Waals surface area (Å²) < 4.78 is 5.09. The number of hydrogen-bond acceptors (Lipinski definition) is 3. The van der Waals surface area contributed by atoms with Gasteiger partial charge in [0.25, 0.3) is 5.91 Å². The Morgan fingerprint density at radius 3 is 3.13 bits per heavy atom. The molecule has 0 fully saturated rings. The number of aromatic amines is 1. The van der Waals surface area contributed by atoms with Crippen LogP contribution >= 0.6 is 0 Å². The Hall–Kier alpha value is -2.43. The van der Waals surface area contributed by atoms with E-state index in [-0.39, 0.29) is 5.91 Å². The minimum Gasteiger partial charge on any atom is -0.459 e. The van der Waals surface area contributed by atoms with Crippen molar-refractivity contribution in [1.82, 2.24) is 9.88 Å². The minimum atomic E-state index is -0.242. The van der Waals surface area contributed by atoms with Crippen LogP contribution in [-0.2, 0) is 0 Å². The molecule has 3 heterocycles. The van der Waals surface area contributed by atoms with Crippen LogP contribution in [0.4, 0.5) is 5.82 Å². The molecule has 5 heteroatoms. The second kappa shape index (κ2) is 7.22. The van der Waals surface area contributed by atoms with Crippen LogP contribution in [0, 0.1) is 0 Å². The molecule has 3 rings (SSSR count). The van der Waals surface area contributed by atoms with Gasteiger partial charge >= 0.3 is 0 Å². The molecule has 5 nitrogen and oxygen atoms in total. The molecule has 1 aliphatic heterocycles. The number of furan rings is 1. The van der Waals surface area contributed by atoms with E-state index in [2.05, 4.69) is 34.4 Å². The fourth-order valence-electron chi connectivity index (χ4n) is 2.82. The Morgan fingerprint density at radius 2 is 2.43 bits per heavy atom. The number of carbonyl (C=O) groups is 1. The number of nitrogens with one attached hydrogen (secondary N) is 2. The van der Waals surface area contributed by atoms with Gasteiger partial charge in [-0.2, -0.15) is 0 Å². The first-order chi connectivity index (χ1) is 11.3. The number of rotatable bonds is 6. The van der Waals surface area contributed by atoms with Gasteiger partial charge in [-0.15, -0.1) is 0 Å². The van der Waals surface area contributed by atoms with Crippen LogP contribution in [0.1, 0.15) is 48.2 Å². The molecule has 1 unspecified atom stereocenters. The average molecular weight is 313 g/mol. The maximum atomic E-state index is 12.0. The van der Waals surface area contributed by atoms with Crippen molar-refractivity contribution in [2.75, 3.05) is 18.4 Å². The van der Waals surface area contributed by atoms with E-state index in [9.17, 15) is 4.79 Å². The van der Waals surface area contributed by atoms with E-state index in [0.717, 1.165) is 19.5 Å². The van der Waals surface area contributed by atoms with Gasteiger partial charge in [-0.25, -0.2) is 0 Å². The summed E-state index contributed by atoms with van der Waals surface area (Å²) in [6.07, 6.45) is 11.5. The highest BCUT2D eigenvalue weighted by molar-refractivity contribution is 6.01. The molecule has 0 bridgehead atoms. The maximum absolute atomic E-state index is 12.0. The lowest BCUT2D eigenvalue weighted by atomic mass is 9.96. The van der Waals surface area contributed by atoms with Crippen molar-refractivity contribution in [2.45, 2.75) is 32.1 Å². The predicted molar refractivity (Wildman–Crippen MR) is 90.4 cm³/mol. The van der Waals surface area contributed by atoms with Crippen molar-refractivity contribution in [1.29, 1.82) is 0 Å². The summed E-state index contributed by atoms with van der Waals surface area (Å²) in [6, 6.07) is 5.34. The van der Waals surface area contributed by atoms with Crippen molar-refractivity contribution in [2.24, 2.45) is 0 Å². The van der Waals surface area contributed by atoms with Crippen LogP contribution in [0.15, 0.2) is 47.4 Å². The molecule has 1 aliphatic rings. The van der Waals surface area contributed by atoms with Crippen molar-refractivity contribution >= 4 is 11.7 Å². The van der Waals surface area contributed by atoms with Crippen LogP contribution in [0.2, 0.25) is 0 Å². The Labute approximate surface area is 136 Å². The van der Waals surface area contributed by atoms with Gasteiger partial charge in [-0.05, 0) is 42.8 Å². The van der Waals surface area contributed by atoms with Crippen molar-refractivity contribution in [3.05, 3.63) is 54.3 Å². The van der Waals surface area contributed by atoms with Crippen molar-refractivity contribution in [3.8, 4) is 0 Å². The molecule has 0 saturated heterocycles. The van der Waals surface area contributed by atoms with Crippen LogP contribution < -0.4 is 5.32 Å². The number of unbranched alkanes of at least 4 members (excludes halogenated alkanes) is 1. The van der Waals surface area contributed by atoms with Gasteiger partial charge in [-0.1, -0.05) is 19.4 Å². The zero-order valence-corrected chi connectivity index (χ0v) is 13.4. The second-order valence-electron chi connectivity index (χ2n) is 5.90. The lowest BCUT2D eigenvalue weighted by Crippen LogP contribution is -2.24.